The van der Waals surface area contributed by atoms with Gasteiger partial charge in [-0.1, -0.05) is 24.7 Å². The van der Waals surface area contributed by atoms with Crippen LogP contribution in [0.3, 0.4) is 0 Å². The average Bonchev–Trinajstić information content (AvgIpc) is 2.82. The molecule has 0 aliphatic carbocycles. The fraction of sp³-hybridized carbons (Fsp3) is 0.357. The Bertz CT molecular complexity index is 539. The lowest BCUT2D eigenvalue weighted by Crippen LogP contribution is -2.09. The van der Waals surface area contributed by atoms with Crippen molar-refractivity contribution >= 4 is 22.2 Å². The Hall–Kier alpha value is -1.46. The molecule has 0 atom stereocenters. The van der Waals surface area contributed by atoms with Gasteiger partial charge in [0.1, 0.15) is 5.82 Å². The van der Waals surface area contributed by atoms with Crippen molar-refractivity contribution in [3.05, 3.63) is 40.7 Å². The quantitative estimate of drug-likeness (QED) is 0.910. The zero-order chi connectivity index (χ0) is 13.8. The maximum atomic E-state index is 12.9. The first-order valence-electron chi connectivity index (χ1n) is 6.24. The SMILES string of the molecule is CCCc1nc(N(C)c2ccc(F)cc2)sc1CO. The maximum Gasteiger partial charge on any atom is 0.190 e. The number of benzene rings is 1. The molecule has 0 bridgehead atoms. The Balaban J connectivity index is 2.28. The number of aliphatic hydroxyl groups excluding tert-OH is 1. The molecule has 0 aliphatic heterocycles. The molecule has 0 amide bonds. The third-order valence-electron chi connectivity index (χ3n) is 2.90. The number of thiazole rings is 1. The molecule has 5 heteroatoms. The minimum atomic E-state index is -0.251. The lowest BCUT2D eigenvalue weighted by Gasteiger charge is -2.15. The maximum absolute atomic E-state index is 12.9. The van der Waals surface area contributed by atoms with Gasteiger partial charge in [0.25, 0.3) is 0 Å². The van der Waals surface area contributed by atoms with Crippen LogP contribution in [0.1, 0.15) is 23.9 Å². The summed E-state index contributed by atoms with van der Waals surface area (Å²) in [5.74, 6) is -0.251. The van der Waals surface area contributed by atoms with Gasteiger partial charge in [0.15, 0.2) is 5.13 Å². The lowest BCUT2D eigenvalue weighted by atomic mass is 10.2. The summed E-state index contributed by atoms with van der Waals surface area (Å²) in [6, 6.07) is 6.29. The van der Waals surface area contributed by atoms with E-state index in [1.165, 1.54) is 23.5 Å². The van der Waals surface area contributed by atoms with Crippen LogP contribution in [0.4, 0.5) is 15.2 Å². The fourth-order valence-electron chi connectivity index (χ4n) is 1.84. The minimum absolute atomic E-state index is 0.0181. The monoisotopic (exact) mass is 280 g/mol. The molecular weight excluding hydrogens is 263 g/mol. The van der Waals surface area contributed by atoms with Crippen LogP contribution in [0, 0.1) is 5.82 Å². The van der Waals surface area contributed by atoms with E-state index < -0.39 is 0 Å². The van der Waals surface area contributed by atoms with Gasteiger partial charge in [-0.05, 0) is 30.7 Å². The van der Waals surface area contributed by atoms with Crippen molar-refractivity contribution in [1.82, 2.24) is 4.98 Å². The van der Waals surface area contributed by atoms with Crippen molar-refractivity contribution in [3.63, 3.8) is 0 Å². The molecule has 2 rings (SSSR count). The number of hydrogen-bond acceptors (Lipinski definition) is 4. The standard InChI is InChI=1S/C14H17FN2OS/c1-3-4-12-13(9-18)19-14(16-12)17(2)11-7-5-10(15)6-8-11/h5-8,18H,3-4,9H2,1-2H3. The summed E-state index contributed by atoms with van der Waals surface area (Å²) in [4.78, 5) is 7.37. The normalized spacial score (nSPS) is 10.7. The summed E-state index contributed by atoms with van der Waals surface area (Å²) < 4.78 is 12.9. The number of anilines is 2. The van der Waals surface area contributed by atoms with Crippen LogP contribution in [0.15, 0.2) is 24.3 Å². The van der Waals surface area contributed by atoms with E-state index >= 15 is 0 Å². The highest BCUT2D eigenvalue weighted by Crippen LogP contribution is 2.31. The van der Waals surface area contributed by atoms with Gasteiger partial charge in [-0.3, -0.25) is 0 Å². The van der Waals surface area contributed by atoms with Gasteiger partial charge in [-0.2, -0.15) is 0 Å². The average molecular weight is 280 g/mol. The van der Waals surface area contributed by atoms with Gasteiger partial charge in [-0.15, -0.1) is 0 Å². The number of aliphatic hydroxyl groups is 1. The van der Waals surface area contributed by atoms with Gasteiger partial charge in [0.2, 0.25) is 0 Å². The Kier molecular flexibility index (Phi) is 4.50. The van der Waals surface area contributed by atoms with E-state index in [1.54, 1.807) is 12.1 Å². The summed E-state index contributed by atoms with van der Waals surface area (Å²) >= 11 is 1.48. The Morgan fingerprint density at radius 3 is 2.58 bits per heavy atom. The summed E-state index contributed by atoms with van der Waals surface area (Å²) in [5.41, 5.74) is 1.83. The molecule has 1 heterocycles. The van der Waals surface area contributed by atoms with E-state index in [-0.39, 0.29) is 12.4 Å². The van der Waals surface area contributed by atoms with E-state index in [9.17, 15) is 9.50 Å². The molecule has 0 unspecified atom stereocenters. The van der Waals surface area contributed by atoms with Crippen LogP contribution in [-0.4, -0.2) is 17.1 Å². The number of aromatic nitrogens is 1. The number of rotatable bonds is 5. The first-order valence-corrected chi connectivity index (χ1v) is 7.06. The van der Waals surface area contributed by atoms with Gasteiger partial charge < -0.3 is 10.0 Å². The Morgan fingerprint density at radius 2 is 2.00 bits per heavy atom. The summed E-state index contributed by atoms with van der Waals surface area (Å²) in [5, 5.41) is 10.2. The van der Waals surface area contributed by atoms with Crippen LogP contribution < -0.4 is 4.90 Å². The Morgan fingerprint density at radius 1 is 1.32 bits per heavy atom. The highest BCUT2D eigenvalue weighted by atomic mass is 32.1. The van der Waals surface area contributed by atoms with E-state index in [0.717, 1.165) is 34.2 Å². The molecule has 0 saturated heterocycles. The van der Waals surface area contributed by atoms with E-state index in [4.69, 9.17) is 0 Å². The predicted molar refractivity (Wildman–Crippen MR) is 76.5 cm³/mol. The molecule has 0 fully saturated rings. The number of nitrogens with zero attached hydrogens (tertiary/aromatic N) is 2. The smallest absolute Gasteiger partial charge is 0.190 e. The zero-order valence-electron chi connectivity index (χ0n) is 11.1. The third kappa shape index (κ3) is 3.11. The van der Waals surface area contributed by atoms with Crippen molar-refractivity contribution < 1.29 is 9.50 Å². The van der Waals surface area contributed by atoms with Gasteiger partial charge >= 0.3 is 0 Å². The highest BCUT2D eigenvalue weighted by molar-refractivity contribution is 7.15. The van der Waals surface area contributed by atoms with Crippen molar-refractivity contribution in [2.24, 2.45) is 0 Å². The predicted octanol–water partition coefficient (Wildman–Crippen LogP) is 3.49. The molecule has 0 radical (unpaired) electrons. The van der Waals surface area contributed by atoms with Crippen LogP contribution in [0.25, 0.3) is 0 Å². The topological polar surface area (TPSA) is 36.4 Å². The minimum Gasteiger partial charge on any atom is -0.391 e. The molecule has 0 spiro atoms. The molecule has 3 nitrogen and oxygen atoms in total. The van der Waals surface area contributed by atoms with Crippen molar-refractivity contribution in [2.75, 3.05) is 11.9 Å². The fourth-order valence-corrected chi connectivity index (χ4v) is 2.79. The molecule has 102 valence electrons. The number of aryl methyl sites for hydroxylation is 1. The number of halogens is 1. The second-order valence-electron chi connectivity index (χ2n) is 4.31. The van der Waals surface area contributed by atoms with Crippen LogP contribution in [0.2, 0.25) is 0 Å². The van der Waals surface area contributed by atoms with Crippen LogP contribution >= 0.6 is 11.3 Å². The molecule has 1 aromatic heterocycles. The zero-order valence-corrected chi connectivity index (χ0v) is 11.9. The molecular formula is C14H17FN2OS. The van der Waals surface area contributed by atoms with E-state index in [1.807, 2.05) is 11.9 Å². The van der Waals surface area contributed by atoms with Gasteiger partial charge in [-0.25, -0.2) is 9.37 Å². The largest absolute Gasteiger partial charge is 0.391 e. The number of hydrogen-bond donors (Lipinski definition) is 1. The molecule has 0 saturated carbocycles. The first kappa shape index (κ1) is 14.0. The van der Waals surface area contributed by atoms with Gasteiger partial charge in [0, 0.05) is 12.7 Å². The van der Waals surface area contributed by atoms with Crippen LogP contribution in [-0.2, 0) is 13.0 Å². The summed E-state index contributed by atoms with van der Waals surface area (Å²) in [7, 11) is 1.89. The van der Waals surface area contributed by atoms with Gasteiger partial charge in [0.05, 0.1) is 17.2 Å². The van der Waals surface area contributed by atoms with E-state index in [0.29, 0.717) is 0 Å². The van der Waals surface area contributed by atoms with Crippen molar-refractivity contribution in [2.45, 2.75) is 26.4 Å². The Labute approximate surface area is 116 Å². The lowest BCUT2D eigenvalue weighted by molar-refractivity contribution is 0.284. The molecule has 1 N–H and O–H groups in total. The highest BCUT2D eigenvalue weighted by Gasteiger charge is 2.14. The first-order chi connectivity index (χ1) is 9.15. The molecule has 0 aliphatic rings. The van der Waals surface area contributed by atoms with Crippen molar-refractivity contribution in [1.29, 1.82) is 0 Å². The second-order valence-corrected chi connectivity index (χ2v) is 5.37. The third-order valence-corrected chi connectivity index (χ3v) is 4.06. The summed E-state index contributed by atoms with van der Waals surface area (Å²) in [6.45, 7) is 2.11. The van der Waals surface area contributed by atoms with Crippen LogP contribution in [0.5, 0.6) is 0 Å². The molecule has 2 aromatic rings. The van der Waals surface area contributed by atoms with Crippen molar-refractivity contribution in [3.8, 4) is 0 Å². The summed E-state index contributed by atoms with van der Waals surface area (Å²) in [6.07, 6.45) is 1.86. The molecule has 19 heavy (non-hydrogen) atoms. The molecule has 1 aromatic carbocycles. The second kappa shape index (κ2) is 6.12. The van der Waals surface area contributed by atoms with E-state index in [2.05, 4.69) is 11.9 Å².